The fraction of sp³-hybridized carbons (Fsp3) is 0.692. The molecule has 2 N–H and O–H groups in total. The van der Waals surface area contributed by atoms with Crippen LogP contribution in [0.25, 0.3) is 0 Å². The molecule has 0 saturated carbocycles. The fourth-order valence-corrected chi connectivity index (χ4v) is 1.70. The summed E-state index contributed by atoms with van der Waals surface area (Å²) in [5.74, 6) is 0.650. The van der Waals surface area contributed by atoms with Crippen LogP contribution in [0.4, 0.5) is 13.2 Å². The molecule has 0 aromatic carbocycles. The van der Waals surface area contributed by atoms with Gasteiger partial charge in [-0.3, -0.25) is 9.67 Å². The van der Waals surface area contributed by atoms with Gasteiger partial charge in [-0.05, 0) is 18.9 Å². The standard InChI is InChI=1S/C13H22F3N5/c1-3-17-12(18-7-5-13(14,15)16)19-9-11(2)10-21-8-4-6-20-21/h4,6,8,11H,3,5,7,9-10H2,1-2H3,(H2,17,18,19). The van der Waals surface area contributed by atoms with Gasteiger partial charge in [-0.15, -0.1) is 0 Å². The van der Waals surface area contributed by atoms with E-state index in [9.17, 15) is 13.2 Å². The first kappa shape index (κ1) is 17.3. The highest BCUT2D eigenvalue weighted by Crippen LogP contribution is 2.18. The first-order valence-corrected chi connectivity index (χ1v) is 6.97. The molecule has 0 amide bonds. The zero-order chi connectivity index (χ0) is 15.7. The summed E-state index contributed by atoms with van der Waals surface area (Å²) >= 11 is 0. The Labute approximate surface area is 122 Å². The number of hydrogen-bond acceptors (Lipinski definition) is 2. The molecule has 1 atom stereocenters. The number of halogens is 3. The lowest BCUT2D eigenvalue weighted by Gasteiger charge is -2.14. The summed E-state index contributed by atoms with van der Waals surface area (Å²) in [4.78, 5) is 4.30. The molecule has 0 spiro atoms. The van der Waals surface area contributed by atoms with Crippen molar-refractivity contribution in [3.63, 3.8) is 0 Å². The predicted octanol–water partition coefficient (Wildman–Crippen LogP) is 2.03. The van der Waals surface area contributed by atoms with Crippen molar-refractivity contribution < 1.29 is 13.2 Å². The lowest BCUT2D eigenvalue weighted by atomic mass is 10.2. The number of nitrogens with one attached hydrogen (secondary N) is 2. The lowest BCUT2D eigenvalue weighted by Crippen LogP contribution is -2.39. The van der Waals surface area contributed by atoms with Gasteiger partial charge in [0.2, 0.25) is 0 Å². The van der Waals surface area contributed by atoms with Crippen molar-refractivity contribution in [3.8, 4) is 0 Å². The van der Waals surface area contributed by atoms with Gasteiger partial charge in [0, 0.05) is 38.6 Å². The number of aromatic nitrogens is 2. The van der Waals surface area contributed by atoms with Crippen LogP contribution in [-0.2, 0) is 6.54 Å². The molecule has 1 rings (SSSR count). The third-order valence-electron chi connectivity index (χ3n) is 2.66. The molecule has 0 fully saturated rings. The van der Waals surface area contributed by atoms with Crippen molar-refractivity contribution in [2.75, 3.05) is 19.6 Å². The summed E-state index contributed by atoms with van der Waals surface area (Å²) in [6, 6.07) is 1.85. The van der Waals surface area contributed by atoms with Crippen molar-refractivity contribution in [1.82, 2.24) is 20.4 Å². The van der Waals surface area contributed by atoms with Crippen molar-refractivity contribution in [2.24, 2.45) is 10.9 Å². The van der Waals surface area contributed by atoms with Gasteiger partial charge >= 0.3 is 6.18 Å². The number of rotatable bonds is 7. The van der Waals surface area contributed by atoms with Crippen molar-refractivity contribution in [1.29, 1.82) is 0 Å². The molecule has 0 aliphatic heterocycles. The van der Waals surface area contributed by atoms with E-state index < -0.39 is 12.6 Å². The second-order valence-corrected chi connectivity index (χ2v) is 4.84. The summed E-state index contributed by atoms with van der Waals surface area (Å²) in [6.07, 6.45) is -1.45. The quantitative estimate of drug-likeness (QED) is 0.598. The minimum absolute atomic E-state index is 0.178. The Morgan fingerprint density at radius 2 is 2.14 bits per heavy atom. The third-order valence-corrected chi connectivity index (χ3v) is 2.66. The third kappa shape index (κ3) is 8.21. The molecule has 0 aliphatic rings. The maximum atomic E-state index is 12.1. The molecule has 1 aromatic rings. The lowest BCUT2D eigenvalue weighted by molar-refractivity contribution is -0.132. The molecule has 0 radical (unpaired) electrons. The minimum atomic E-state index is -4.16. The van der Waals surface area contributed by atoms with Crippen LogP contribution in [0, 0.1) is 5.92 Å². The highest BCUT2D eigenvalue weighted by atomic mass is 19.4. The van der Waals surface area contributed by atoms with E-state index >= 15 is 0 Å². The topological polar surface area (TPSA) is 54.2 Å². The van der Waals surface area contributed by atoms with Crippen LogP contribution in [-0.4, -0.2) is 41.6 Å². The molecule has 5 nitrogen and oxygen atoms in total. The Balaban J connectivity index is 2.39. The van der Waals surface area contributed by atoms with E-state index in [4.69, 9.17) is 0 Å². The van der Waals surface area contributed by atoms with Crippen LogP contribution < -0.4 is 10.6 Å². The molecule has 0 saturated heterocycles. The highest BCUT2D eigenvalue weighted by molar-refractivity contribution is 5.79. The first-order valence-electron chi connectivity index (χ1n) is 6.97. The van der Waals surface area contributed by atoms with E-state index in [2.05, 4.69) is 20.7 Å². The zero-order valence-corrected chi connectivity index (χ0v) is 12.3. The smallest absolute Gasteiger partial charge is 0.357 e. The van der Waals surface area contributed by atoms with E-state index in [1.165, 1.54) is 0 Å². The summed E-state index contributed by atoms with van der Waals surface area (Å²) < 4.78 is 38.1. The van der Waals surface area contributed by atoms with Crippen molar-refractivity contribution >= 4 is 5.96 Å². The maximum Gasteiger partial charge on any atom is 0.390 e. The van der Waals surface area contributed by atoms with E-state index in [0.717, 1.165) is 6.54 Å². The fourth-order valence-electron chi connectivity index (χ4n) is 1.70. The number of nitrogens with zero attached hydrogens (tertiary/aromatic N) is 3. The van der Waals surface area contributed by atoms with Crippen LogP contribution >= 0.6 is 0 Å². The molecule has 8 heteroatoms. The summed E-state index contributed by atoms with van der Waals surface area (Å²) in [7, 11) is 0. The van der Waals surface area contributed by atoms with E-state index in [0.29, 0.717) is 19.0 Å². The van der Waals surface area contributed by atoms with Crippen molar-refractivity contribution in [3.05, 3.63) is 18.5 Å². The van der Waals surface area contributed by atoms with Gasteiger partial charge in [0.1, 0.15) is 0 Å². The molecule has 21 heavy (non-hydrogen) atoms. The van der Waals surface area contributed by atoms with Crippen LogP contribution in [0.1, 0.15) is 20.3 Å². The molecule has 1 aromatic heterocycles. The van der Waals surface area contributed by atoms with E-state index in [-0.39, 0.29) is 12.5 Å². The molecular weight excluding hydrogens is 283 g/mol. The maximum absolute atomic E-state index is 12.1. The SMILES string of the molecule is CCNC(=NCC(C)Cn1cccn1)NCCC(F)(F)F. The summed E-state index contributed by atoms with van der Waals surface area (Å²) in [5, 5.41) is 9.73. The van der Waals surface area contributed by atoms with Crippen LogP contribution in [0.3, 0.4) is 0 Å². The van der Waals surface area contributed by atoms with Gasteiger partial charge in [0.25, 0.3) is 0 Å². The second kappa shape index (κ2) is 8.53. The van der Waals surface area contributed by atoms with Gasteiger partial charge in [0.15, 0.2) is 5.96 Å². The Morgan fingerprint density at radius 3 is 2.71 bits per heavy atom. The molecule has 0 aliphatic carbocycles. The number of guanidine groups is 1. The van der Waals surface area contributed by atoms with Crippen LogP contribution in [0.5, 0.6) is 0 Å². The van der Waals surface area contributed by atoms with Gasteiger partial charge in [-0.1, -0.05) is 6.92 Å². The van der Waals surface area contributed by atoms with E-state index in [1.807, 2.05) is 30.8 Å². The Kier molecular flexibility index (Phi) is 7.04. The minimum Gasteiger partial charge on any atom is -0.357 e. The highest BCUT2D eigenvalue weighted by Gasteiger charge is 2.26. The van der Waals surface area contributed by atoms with Gasteiger partial charge in [0.05, 0.1) is 6.42 Å². The number of alkyl halides is 3. The average Bonchev–Trinajstić information content (AvgIpc) is 2.87. The molecule has 120 valence electrons. The Hall–Kier alpha value is -1.73. The normalized spacial score (nSPS) is 14.0. The number of hydrogen-bond donors (Lipinski definition) is 2. The monoisotopic (exact) mass is 305 g/mol. The van der Waals surface area contributed by atoms with Crippen LogP contribution in [0.2, 0.25) is 0 Å². The largest absolute Gasteiger partial charge is 0.390 e. The first-order chi connectivity index (χ1) is 9.90. The van der Waals surface area contributed by atoms with E-state index in [1.54, 1.807) is 6.20 Å². The average molecular weight is 305 g/mol. The van der Waals surface area contributed by atoms with Crippen molar-refractivity contribution in [2.45, 2.75) is 33.0 Å². The Morgan fingerprint density at radius 1 is 1.38 bits per heavy atom. The van der Waals surface area contributed by atoms with Gasteiger partial charge in [-0.2, -0.15) is 18.3 Å². The van der Waals surface area contributed by atoms with Gasteiger partial charge < -0.3 is 10.6 Å². The second-order valence-electron chi connectivity index (χ2n) is 4.84. The molecule has 0 bridgehead atoms. The number of aliphatic imine (C=N–C) groups is 1. The molecule has 1 heterocycles. The predicted molar refractivity (Wildman–Crippen MR) is 76.0 cm³/mol. The zero-order valence-electron chi connectivity index (χ0n) is 12.3. The van der Waals surface area contributed by atoms with Gasteiger partial charge in [-0.25, -0.2) is 0 Å². The summed E-state index contributed by atoms with van der Waals surface area (Å²) in [5.41, 5.74) is 0. The summed E-state index contributed by atoms with van der Waals surface area (Å²) in [6.45, 7) is 5.55. The molecular formula is C13H22F3N5. The Bertz CT molecular complexity index is 414. The van der Waals surface area contributed by atoms with Crippen LogP contribution in [0.15, 0.2) is 23.5 Å². The molecule has 1 unspecified atom stereocenters.